The van der Waals surface area contributed by atoms with Crippen molar-refractivity contribution in [3.8, 4) is 5.75 Å². The van der Waals surface area contributed by atoms with Crippen LogP contribution in [0.3, 0.4) is 0 Å². The molecule has 0 spiro atoms. The Morgan fingerprint density at radius 3 is 2.90 bits per heavy atom. The van der Waals surface area contributed by atoms with E-state index in [0.717, 1.165) is 17.7 Å². The van der Waals surface area contributed by atoms with Crippen LogP contribution >= 0.6 is 0 Å². The normalized spacial score (nSPS) is 10.4. The van der Waals surface area contributed by atoms with Gasteiger partial charge in [0.1, 0.15) is 17.8 Å². The maximum absolute atomic E-state index is 11.8. The van der Waals surface area contributed by atoms with Crippen molar-refractivity contribution in [2.24, 2.45) is 5.73 Å². The number of nitrogens with two attached hydrogens (primary N) is 1. The highest BCUT2D eigenvalue weighted by Gasteiger charge is 2.08. The first-order valence-electron chi connectivity index (χ1n) is 6.95. The van der Waals surface area contributed by atoms with E-state index < -0.39 is 0 Å². The van der Waals surface area contributed by atoms with Crippen LogP contribution in [0.4, 0.5) is 0 Å². The summed E-state index contributed by atoms with van der Waals surface area (Å²) in [6.07, 6.45) is 2.16. The van der Waals surface area contributed by atoms with Crippen molar-refractivity contribution in [2.75, 3.05) is 13.2 Å². The molecule has 1 heterocycles. The number of amides is 1. The van der Waals surface area contributed by atoms with Gasteiger partial charge in [0, 0.05) is 6.54 Å². The van der Waals surface area contributed by atoms with Gasteiger partial charge in [0.25, 0.3) is 5.91 Å². The topological polar surface area (TPSA) is 77.5 Å². The molecule has 3 N–H and O–H groups in total. The zero-order chi connectivity index (χ0) is 15.1. The Kier molecular flexibility index (Phi) is 5.40. The van der Waals surface area contributed by atoms with E-state index in [1.54, 1.807) is 6.07 Å². The van der Waals surface area contributed by atoms with Gasteiger partial charge in [-0.2, -0.15) is 0 Å². The SMILES string of the molecule is Cc1ccccc1OCCCNC(=O)c1coc(CN)c1. The fourth-order valence-electron chi connectivity index (χ4n) is 1.88. The van der Waals surface area contributed by atoms with Crippen LogP contribution in [0.5, 0.6) is 5.75 Å². The van der Waals surface area contributed by atoms with E-state index in [9.17, 15) is 4.79 Å². The van der Waals surface area contributed by atoms with Crippen molar-refractivity contribution in [3.05, 3.63) is 53.5 Å². The van der Waals surface area contributed by atoms with Crippen molar-refractivity contribution >= 4 is 5.91 Å². The third-order valence-corrected chi connectivity index (χ3v) is 3.07. The lowest BCUT2D eigenvalue weighted by molar-refractivity contribution is 0.0951. The van der Waals surface area contributed by atoms with Crippen LogP contribution in [0.1, 0.15) is 28.1 Å². The standard InChI is InChI=1S/C16H20N2O3/c1-12-5-2-3-6-15(12)20-8-4-7-18-16(19)13-9-14(10-17)21-11-13/h2-3,5-6,9,11H,4,7-8,10,17H2,1H3,(H,18,19). The van der Waals surface area contributed by atoms with Crippen molar-refractivity contribution in [3.63, 3.8) is 0 Å². The van der Waals surface area contributed by atoms with Gasteiger partial charge in [-0.1, -0.05) is 18.2 Å². The largest absolute Gasteiger partial charge is 0.493 e. The molecule has 0 aliphatic rings. The number of carbonyl (C=O) groups is 1. The van der Waals surface area contributed by atoms with Gasteiger partial charge < -0.3 is 20.2 Å². The molecule has 1 amide bonds. The minimum Gasteiger partial charge on any atom is -0.493 e. The van der Waals surface area contributed by atoms with E-state index in [0.29, 0.717) is 24.5 Å². The molecule has 0 aliphatic carbocycles. The average molecular weight is 288 g/mol. The molecule has 21 heavy (non-hydrogen) atoms. The number of hydrogen-bond acceptors (Lipinski definition) is 4. The number of para-hydroxylation sites is 1. The molecular weight excluding hydrogens is 268 g/mol. The number of rotatable bonds is 7. The van der Waals surface area contributed by atoms with Crippen molar-refractivity contribution in [1.29, 1.82) is 0 Å². The number of carbonyl (C=O) groups excluding carboxylic acids is 1. The van der Waals surface area contributed by atoms with Crippen molar-refractivity contribution < 1.29 is 13.9 Å². The number of nitrogens with one attached hydrogen (secondary N) is 1. The highest BCUT2D eigenvalue weighted by Crippen LogP contribution is 2.16. The third kappa shape index (κ3) is 4.36. The molecule has 0 saturated heterocycles. The highest BCUT2D eigenvalue weighted by molar-refractivity contribution is 5.93. The molecule has 0 fully saturated rings. The second-order valence-electron chi connectivity index (χ2n) is 4.73. The lowest BCUT2D eigenvalue weighted by Crippen LogP contribution is -2.25. The Labute approximate surface area is 124 Å². The predicted molar refractivity (Wildman–Crippen MR) is 80.2 cm³/mol. The third-order valence-electron chi connectivity index (χ3n) is 3.07. The molecule has 5 nitrogen and oxygen atoms in total. The Balaban J connectivity index is 1.68. The molecule has 0 bridgehead atoms. The van der Waals surface area contributed by atoms with Crippen LogP contribution < -0.4 is 15.8 Å². The summed E-state index contributed by atoms with van der Waals surface area (Å²) >= 11 is 0. The van der Waals surface area contributed by atoms with E-state index in [4.69, 9.17) is 14.9 Å². The van der Waals surface area contributed by atoms with E-state index in [2.05, 4.69) is 5.32 Å². The van der Waals surface area contributed by atoms with Crippen LogP contribution in [0, 0.1) is 6.92 Å². The minimum absolute atomic E-state index is 0.158. The molecule has 0 unspecified atom stereocenters. The first-order chi connectivity index (χ1) is 10.2. The molecule has 112 valence electrons. The molecule has 1 aromatic heterocycles. The quantitative estimate of drug-likeness (QED) is 0.766. The Morgan fingerprint density at radius 1 is 1.38 bits per heavy atom. The van der Waals surface area contributed by atoms with Gasteiger partial charge in [0.15, 0.2) is 0 Å². The zero-order valence-corrected chi connectivity index (χ0v) is 12.1. The molecule has 0 saturated carbocycles. The van der Waals surface area contributed by atoms with Gasteiger partial charge in [0.05, 0.1) is 18.7 Å². The Bertz CT molecular complexity index is 593. The predicted octanol–water partition coefficient (Wildman–Crippen LogP) is 2.25. The summed E-state index contributed by atoms with van der Waals surface area (Å²) in [6, 6.07) is 9.51. The lowest BCUT2D eigenvalue weighted by atomic mass is 10.2. The molecule has 0 radical (unpaired) electrons. The second-order valence-corrected chi connectivity index (χ2v) is 4.73. The fourth-order valence-corrected chi connectivity index (χ4v) is 1.88. The van der Waals surface area contributed by atoms with Crippen molar-refractivity contribution in [1.82, 2.24) is 5.32 Å². The molecule has 0 aliphatic heterocycles. The Morgan fingerprint density at radius 2 is 2.19 bits per heavy atom. The van der Waals surface area contributed by atoms with E-state index in [-0.39, 0.29) is 12.5 Å². The average Bonchev–Trinajstić information content (AvgIpc) is 2.97. The number of benzene rings is 1. The molecular formula is C16H20N2O3. The van der Waals surface area contributed by atoms with Crippen molar-refractivity contribution in [2.45, 2.75) is 19.9 Å². The summed E-state index contributed by atoms with van der Waals surface area (Å²) in [5.74, 6) is 1.32. The molecule has 2 rings (SSSR count). The van der Waals surface area contributed by atoms with Crippen LogP contribution in [0.25, 0.3) is 0 Å². The summed E-state index contributed by atoms with van der Waals surface area (Å²) in [5.41, 5.74) is 7.03. The van der Waals surface area contributed by atoms with E-state index in [1.165, 1.54) is 6.26 Å². The van der Waals surface area contributed by atoms with E-state index in [1.807, 2.05) is 31.2 Å². The maximum Gasteiger partial charge on any atom is 0.254 e. The van der Waals surface area contributed by atoms with Gasteiger partial charge in [0.2, 0.25) is 0 Å². The minimum atomic E-state index is -0.158. The summed E-state index contributed by atoms with van der Waals surface area (Å²) < 4.78 is 10.8. The maximum atomic E-state index is 11.8. The van der Waals surface area contributed by atoms with Gasteiger partial charge in [-0.3, -0.25) is 4.79 Å². The van der Waals surface area contributed by atoms with Gasteiger partial charge in [-0.05, 0) is 31.0 Å². The summed E-state index contributed by atoms with van der Waals surface area (Å²) in [5, 5.41) is 2.82. The second kappa shape index (κ2) is 7.50. The first kappa shape index (κ1) is 15.1. The van der Waals surface area contributed by atoms with Crippen LogP contribution in [-0.2, 0) is 6.54 Å². The zero-order valence-electron chi connectivity index (χ0n) is 12.1. The molecule has 2 aromatic rings. The molecule has 5 heteroatoms. The van der Waals surface area contributed by atoms with Crippen LogP contribution in [0.2, 0.25) is 0 Å². The summed E-state index contributed by atoms with van der Waals surface area (Å²) in [4.78, 5) is 11.8. The van der Waals surface area contributed by atoms with Gasteiger partial charge in [-0.25, -0.2) is 0 Å². The molecule has 1 aromatic carbocycles. The number of hydrogen-bond donors (Lipinski definition) is 2. The van der Waals surface area contributed by atoms with Crippen LogP contribution in [-0.4, -0.2) is 19.1 Å². The van der Waals surface area contributed by atoms with Gasteiger partial charge in [-0.15, -0.1) is 0 Å². The number of aryl methyl sites for hydroxylation is 1. The monoisotopic (exact) mass is 288 g/mol. The van der Waals surface area contributed by atoms with Gasteiger partial charge >= 0.3 is 0 Å². The smallest absolute Gasteiger partial charge is 0.254 e. The highest BCUT2D eigenvalue weighted by atomic mass is 16.5. The number of ether oxygens (including phenoxy) is 1. The van der Waals surface area contributed by atoms with E-state index >= 15 is 0 Å². The lowest BCUT2D eigenvalue weighted by Gasteiger charge is -2.09. The number of furan rings is 1. The molecule has 0 atom stereocenters. The summed E-state index contributed by atoms with van der Waals surface area (Å²) in [6.45, 7) is 3.40. The Hall–Kier alpha value is -2.27. The fraction of sp³-hybridized carbons (Fsp3) is 0.312. The summed E-state index contributed by atoms with van der Waals surface area (Å²) in [7, 11) is 0. The van der Waals surface area contributed by atoms with Crippen LogP contribution in [0.15, 0.2) is 41.0 Å². The first-order valence-corrected chi connectivity index (χ1v) is 6.95.